The van der Waals surface area contributed by atoms with Crippen molar-refractivity contribution in [3.05, 3.63) is 0 Å². The second kappa shape index (κ2) is 14.8. The molecule has 5 unspecified atom stereocenters. The number of aliphatic hydroxyl groups excluding tert-OH is 1. The van der Waals surface area contributed by atoms with Crippen LogP contribution in [0.4, 0.5) is 0 Å². The van der Waals surface area contributed by atoms with Gasteiger partial charge in [0.05, 0.1) is 0 Å². The van der Waals surface area contributed by atoms with E-state index in [1.807, 2.05) is 6.92 Å². The summed E-state index contributed by atoms with van der Waals surface area (Å²) < 4.78 is 27.0. The number of hydrogen-bond acceptors (Lipinski definition) is 10. The Morgan fingerprint density at radius 1 is 0.656 bits per heavy atom. The molecular formula is C22H36O10. The molecule has 1 aliphatic heterocycles. The zero-order valence-corrected chi connectivity index (χ0v) is 19.4. The lowest BCUT2D eigenvalue weighted by Crippen LogP contribution is -2.62. The highest BCUT2D eigenvalue weighted by Gasteiger charge is 2.52. The summed E-state index contributed by atoms with van der Waals surface area (Å²) in [5, 5.41) is 10.5. The Kier molecular flexibility index (Phi) is 12.9. The summed E-state index contributed by atoms with van der Waals surface area (Å²) in [6, 6.07) is 0. The Labute approximate surface area is 188 Å². The normalized spacial score (nSPS) is 25.0. The first-order valence-electron chi connectivity index (χ1n) is 11.3. The van der Waals surface area contributed by atoms with E-state index in [1.165, 1.54) is 0 Å². The van der Waals surface area contributed by atoms with E-state index in [0.29, 0.717) is 25.7 Å². The van der Waals surface area contributed by atoms with Crippen LogP contribution in [0.5, 0.6) is 0 Å². The zero-order chi connectivity index (χ0) is 24.1. The lowest BCUT2D eigenvalue weighted by atomic mass is 9.98. The molecule has 5 atom stereocenters. The largest absolute Gasteiger partial charge is 0.463 e. The summed E-state index contributed by atoms with van der Waals surface area (Å²) in [6.07, 6.45) is -4.23. The fourth-order valence-corrected chi connectivity index (χ4v) is 3.13. The Bertz CT molecular complexity index is 620. The van der Waals surface area contributed by atoms with Crippen molar-refractivity contribution in [3.8, 4) is 0 Å². The Hall–Kier alpha value is -2.20. The predicted molar refractivity (Wildman–Crippen MR) is 111 cm³/mol. The summed E-state index contributed by atoms with van der Waals surface area (Å²) >= 11 is 0. The second-order valence-corrected chi connectivity index (χ2v) is 7.61. The molecule has 1 saturated heterocycles. The van der Waals surface area contributed by atoms with Gasteiger partial charge in [-0.1, -0.05) is 27.7 Å². The molecule has 0 aromatic rings. The van der Waals surface area contributed by atoms with Gasteiger partial charge in [-0.25, -0.2) is 0 Å². The number of rotatable bonds is 13. The Balaban J connectivity index is 3.19. The molecule has 32 heavy (non-hydrogen) atoms. The molecule has 0 aromatic heterocycles. The molecule has 1 fully saturated rings. The van der Waals surface area contributed by atoms with E-state index in [-0.39, 0.29) is 32.3 Å². The van der Waals surface area contributed by atoms with E-state index in [0.717, 1.165) is 0 Å². The topological polar surface area (TPSA) is 135 Å². The molecule has 1 heterocycles. The van der Waals surface area contributed by atoms with Gasteiger partial charge in [-0.3, -0.25) is 19.2 Å². The van der Waals surface area contributed by atoms with Crippen LogP contribution < -0.4 is 0 Å². The molecule has 0 radical (unpaired) electrons. The molecule has 10 heteroatoms. The van der Waals surface area contributed by atoms with Crippen LogP contribution in [0.3, 0.4) is 0 Å². The van der Waals surface area contributed by atoms with Gasteiger partial charge < -0.3 is 28.8 Å². The fraction of sp³-hybridized carbons (Fsp3) is 0.818. The first-order valence-corrected chi connectivity index (χ1v) is 11.3. The van der Waals surface area contributed by atoms with Gasteiger partial charge >= 0.3 is 23.9 Å². The number of carbonyl (C=O) groups is 4. The van der Waals surface area contributed by atoms with E-state index in [1.54, 1.807) is 20.8 Å². The van der Waals surface area contributed by atoms with Crippen LogP contribution in [0.1, 0.15) is 79.1 Å². The van der Waals surface area contributed by atoms with Gasteiger partial charge in [0.1, 0.15) is 12.7 Å². The molecule has 0 amide bonds. The molecule has 0 bridgehead atoms. The van der Waals surface area contributed by atoms with Gasteiger partial charge in [-0.05, 0) is 25.7 Å². The minimum Gasteiger partial charge on any atom is -0.463 e. The standard InChI is InChI=1S/C22H36O10/c1-5-9-15(23)28-13-14-19(30-16(24)10-6-2)20(31-17(25)11-7-3)21(22(27)29-14)32-18(26)12-8-4/h14,19-22,27H,5-13H2,1-4H3. The summed E-state index contributed by atoms with van der Waals surface area (Å²) in [6.45, 7) is 6.84. The predicted octanol–water partition coefficient (Wildman–Crippen LogP) is 2.18. The van der Waals surface area contributed by atoms with Crippen molar-refractivity contribution in [3.63, 3.8) is 0 Å². The fourth-order valence-electron chi connectivity index (χ4n) is 3.13. The van der Waals surface area contributed by atoms with Gasteiger partial charge in [-0.2, -0.15) is 0 Å². The van der Waals surface area contributed by atoms with Crippen LogP contribution in [-0.2, 0) is 42.9 Å². The molecule has 184 valence electrons. The van der Waals surface area contributed by atoms with Gasteiger partial charge in [0.2, 0.25) is 0 Å². The zero-order valence-electron chi connectivity index (χ0n) is 19.4. The minimum atomic E-state index is -1.67. The monoisotopic (exact) mass is 460 g/mol. The van der Waals surface area contributed by atoms with Crippen molar-refractivity contribution in [1.29, 1.82) is 0 Å². The van der Waals surface area contributed by atoms with E-state index in [9.17, 15) is 24.3 Å². The molecule has 0 aliphatic carbocycles. The SMILES string of the molecule is CCCC(=O)OCC1OC(O)C(OC(=O)CCC)C(OC(=O)CCC)C1OC(=O)CCC. The van der Waals surface area contributed by atoms with Gasteiger partial charge in [0, 0.05) is 25.7 Å². The number of ether oxygens (including phenoxy) is 5. The molecular weight excluding hydrogens is 424 g/mol. The van der Waals surface area contributed by atoms with E-state index in [2.05, 4.69) is 0 Å². The van der Waals surface area contributed by atoms with Crippen LogP contribution in [0.2, 0.25) is 0 Å². The van der Waals surface area contributed by atoms with Crippen molar-refractivity contribution < 1.29 is 48.0 Å². The highest BCUT2D eigenvalue weighted by atomic mass is 16.7. The average Bonchev–Trinajstić information content (AvgIpc) is 2.72. The van der Waals surface area contributed by atoms with Gasteiger partial charge in [0.25, 0.3) is 0 Å². The maximum atomic E-state index is 12.3. The first kappa shape index (κ1) is 27.8. The van der Waals surface area contributed by atoms with E-state index >= 15 is 0 Å². The Morgan fingerprint density at radius 2 is 1.06 bits per heavy atom. The summed E-state index contributed by atoms with van der Waals surface area (Å²) in [4.78, 5) is 48.5. The van der Waals surface area contributed by atoms with E-state index in [4.69, 9.17) is 23.7 Å². The second-order valence-electron chi connectivity index (χ2n) is 7.61. The number of carbonyl (C=O) groups excluding carboxylic acids is 4. The van der Waals surface area contributed by atoms with Gasteiger partial charge in [-0.15, -0.1) is 0 Å². The van der Waals surface area contributed by atoms with Crippen LogP contribution in [0.15, 0.2) is 0 Å². The maximum Gasteiger partial charge on any atom is 0.306 e. The molecule has 1 rings (SSSR count). The molecule has 10 nitrogen and oxygen atoms in total. The smallest absolute Gasteiger partial charge is 0.306 e. The highest BCUT2D eigenvalue weighted by Crippen LogP contribution is 2.29. The van der Waals surface area contributed by atoms with Crippen molar-refractivity contribution >= 4 is 23.9 Å². The number of hydrogen-bond donors (Lipinski definition) is 1. The van der Waals surface area contributed by atoms with Crippen molar-refractivity contribution in [1.82, 2.24) is 0 Å². The highest BCUT2D eigenvalue weighted by molar-refractivity contribution is 5.72. The number of aliphatic hydroxyl groups is 1. The first-order chi connectivity index (χ1) is 15.3. The van der Waals surface area contributed by atoms with Gasteiger partial charge in [0.15, 0.2) is 24.6 Å². The van der Waals surface area contributed by atoms with Crippen LogP contribution in [0, 0.1) is 0 Å². The molecule has 1 N–H and O–H groups in total. The third-order valence-electron chi connectivity index (χ3n) is 4.64. The third-order valence-corrected chi connectivity index (χ3v) is 4.64. The van der Waals surface area contributed by atoms with Crippen molar-refractivity contribution in [2.24, 2.45) is 0 Å². The summed E-state index contributed by atoms with van der Waals surface area (Å²) in [5.41, 5.74) is 0. The van der Waals surface area contributed by atoms with Crippen LogP contribution in [0.25, 0.3) is 0 Å². The van der Waals surface area contributed by atoms with Crippen molar-refractivity contribution in [2.75, 3.05) is 6.61 Å². The number of esters is 4. The molecule has 0 saturated carbocycles. The summed E-state index contributed by atoms with van der Waals surface area (Å²) in [7, 11) is 0. The quantitative estimate of drug-likeness (QED) is 0.322. The average molecular weight is 461 g/mol. The summed E-state index contributed by atoms with van der Waals surface area (Å²) in [5.74, 6) is -2.30. The van der Waals surface area contributed by atoms with E-state index < -0.39 is 54.6 Å². The molecule has 0 spiro atoms. The third kappa shape index (κ3) is 9.12. The molecule has 0 aromatic carbocycles. The van der Waals surface area contributed by atoms with Crippen molar-refractivity contribution in [2.45, 2.75) is 110 Å². The van der Waals surface area contributed by atoms with Crippen LogP contribution in [-0.4, -0.2) is 66.3 Å². The maximum absolute atomic E-state index is 12.3. The molecule has 1 aliphatic rings. The van der Waals surface area contributed by atoms with Crippen LogP contribution >= 0.6 is 0 Å². The Morgan fingerprint density at radius 3 is 1.53 bits per heavy atom. The lowest BCUT2D eigenvalue weighted by Gasteiger charge is -2.42. The lowest BCUT2D eigenvalue weighted by molar-refractivity contribution is -0.297. The minimum absolute atomic E-state index is 0.0782.